The van der Waals surface area contributed by atoms with Crippen LogP contribution in [-0.4, -0.2) is 36.1 Å². The molecule has 0 spiro atoms. The van der Waals surface area contributed by atoms with E-state index in [1.54, 1.807) is 60.7 Å². The summed E-state index contributed by atoms with van der Waals surface area (Å²) in [6.07, 6.45) is 0. The molecule has 3 nitrogen and oxygen atoms in total. The van der Waals surface area contributed by atoms with Crippen LogP contribution in [0.25, 0.3) is 0 Å². The van der Waals surface area contributed by atoms with Crippen LogP contribution in [0, 0.1) is 0 Å². The average molecular weight is 512 g/mol. The summed E-state index contributed by atoms with van der Waals surface area (Å²) in [5.74, 6) is 0. The van der Waals surface area contributed by atoms with Crippen molar-refractivity contribution < 1.29 is 23.8 Å². The van der Waals surface area contributed by atoms with Gasteiger partial charge in [-0.25, -0.2) is 0 Å². The molecule has 0 heterocycles. The van der Waals surface area contributed by atoms with E-state index in [1.165, 1.54) is 0 Å². The Bertz CT molecular complexity index is 648. The normalized spacial score (nSPS) is 12.6. The third-order valence-corrected chi connectivity index (χ3v) is 13.3. The molecule has 0 aliphatic rings. The molecule has 0 N–H and O–H groups in total. The van der Waals surface area contributed by atoms with E-state index in [1.807, 2.05) is 0 Å². The molecule has 0 saturated carbocycles. The molecule has 0 unspecified atom stereocenters. The fourth-order valence-electron chi connectivity index (χ4n) is 1.50. The van der Waals surface area contributed by atoms with Crippen molar-refractivity contribution in [2.45, 2.75) is 5.51 Å². The topological polar surface area (TPSA) is 43.4 Å². The maximum atomic E-state index is 12.5. The Morgan fingerprint density at radius 2 is 1.19 bits per heavy atom. The number of alkyl halides is 3. The van der Waals surface area contributed by atoms with E-state index in [0.717, 1.165) is 0 Å². The molecule has 0 radical (unpaired) electrons. The first-order chi connectivity index (χ1) is 9.81. The molecule has 0 aromatic heterocycles. The molecule has 21 heavy (non-hydrogen) atoms. The minimum absolute atomic E-state index is 0.520. The van der Waals surface area contributed by atoms with E-state index in [4.69, 9.17) is 0 Å². The zero-order valence-electron chi connectivity index (χ0n) is 10.5. The number of hydrogen-bond donors (Lipinski definition) is 0. The van der Waals surface area contributed by atoms with Crippen molar-refractivity contribution in [3.05, 3.63) is 60.7 Å². The van der Waals surface area contributed by atoms with Crippen molar-refractivity contribution in [3.8, 4) is 0 Å². The zero-order valence-corrected chi connectivity index (χ0v) is 14.8. The maximum absolute atomic E-state index is 12.5. The fourth-order valence-corrected chi connectivity index (χ4v) is 11.8. The van der Waals surface area contributed by atoms with E-state index in [0.29, 0.717) is 6.54 Å². The number of hydrogen-bond acceptors (Lipinski definition) is 3. The first-order valence-electron chi connectivity index (χ1n) is 5.72. The summed E-state index contributed by atoms with van der Waals surface area (Å²) in [6, 6.07) is 16.4. The zero-order chi connectivity index (χ0) is 15.5. The van der Waals surface area contributed by atoms with Gasteiger partial charge in [0.05, 0.1) is 0 Å². The summed E-state index contributed by atoms with van der Waals surface area (Å²) in [7, 11) is -5.60. The summed E-state index contributed by atoms with van der Waals surface area (Å²) in [6.45, 7) is 0. The van der Waals surface area contributed by atoms with Gasteiger partial charge >= 0.3 is 129 Å². The Morgan fingerprint density at radius 3 is 1.52 bits per heavy atom. The Labute approximate surface area is 128 Å². The van der Waals surface area contributed by atoms with Gasteiger partial charge in [-0.2, -0.15) is 0 Å². The summed E-state index contributed by atoms with van der Waals surface area (Å²) in [5.41, 5.74) is -5.41. The van der Waals surface area contributed by atoms with Crippen molar-refractivity contribution in [1.29, 1.82) is 0 Å². The van der Waals surface area contributed by atoms with E-state index < -0.39 is 37.8 Å². The Morgan fingerprint density at radius 1 is 0.810 bits per heavy atom. The predicted molar refractivity (Wildman–Crippen MR) is 74.0 cm³/mol. The third-order valence-electron chi connectivity index (χ3n) is 2.44. The molecule has 0 atom stereocenters. The Hall–Kier alpha value is -0.977. The molecule has 0 bridgehead atoms. The standard InChI is InChI=1S/2C6H5.CHF3O3S.Bi/c2*1-2-4-6-5-3-1;2-1(3,4)8(5,6)7;/h2*1-5H;(H,5,6,7);/q;;;+1/p-1. The molecular formula is C13H10BiF3O3S. The van der Waals surface area contributed by atoms with Gasteiger partial charge < -0.3 is 0 Å². The second kappa shape index (κ2) is 6.42. The van der Waals surface area contributed by atoms with Gasteiger partial charge in [-0.15, -0.1) is 0 Å². The van der Waals surface area contributed by atoms with Crippen molar-refractivity contribution >= 4 is 38.9 Å². The van der Waals surface area contributed by atoms with Gasteiger partial charge in [-0.05, 0) is 0 Å². The summed E-state index contributed by atoms with van der Waals surface area (Å²) in [5, 5.41) is 0. The first-order valence-corrected chi connectivity index (χ1v) is 12.0. The van der Waals surface area contributed by atoms with Crippen LogP contribution >= 0.6 is 0 Å². The molecule has 0 aliphatic carbocycles. The second-order valence-corrected chi connectivity index (χ2v) is 13.5. The van der Waals surface area contributed by atoms with E-state index in [2.05, 4.69) is 2.26 Å². The van der Waals surface area contributed by atoms with E-state index in [-0.39, 0.29) is 0 Å². The van der Waals surface area contributed by atoms with Gasteiger partial charge in [0.2, 0.25) is 0 Å². The van der Waals surface area contributed by atoms with E-state index in [9.17, 15) is 21.6 Å². The van der Waals surface area contributed by atoms with Crippen molar-refractivity contribution in [2.75, 3.05) is 0 Å². The van der Waals surface area contributed by atoms with Gasteiger partial charge in [0.1, 0.15) is 0 Å². The molecule has 2 aromatic carbocycles. The second-order valence-electron chi connectivity index (χ2n) is 3.94. The molecule has 0 aliphatic heterocycles. The quantitative estimate of drug-likeness (QED) is 0.463. The number of rotatable bonds is 4. The van der Waals surface area contributed by atoms with Crippen molar-refractivity contribution in [2.24, 2.45) is 0 Å². The van der Waals surface area contributed by atoms with Crippen LogP contribution in [0.1, 0.15) is 0 Å². The van der Waals surface area contributed by atoms with Crippen LogP contribution < -0.4 is 6.54 Å². The summed E-state index contributed by atoms with van der Waals surface area (Å²) in [4.78, 5) is 0. The van der Waals surface area contributed by atoms with Gasteiger partial charge in [-0.3, -0.25) is 0 Å². The third kappa shape index (κ3) is 4.02. The molecule has 112 valence electrons. The van der Waals surface area contributed by atoms with Gasteiger partial charge in [0, 0.05) is 0 Å². The van der Waals surface area contributed by atoms with Gasteiger partial charge in [0.25, 0.3) is 0 Å². The van der Waals surface area contributed by atoms with Crippen molar-refractivity contribution in [3.63, 3.8) is 0 Å². The fraction of sp³-hybridized carbons (Fsp3) is 0.0769. The molecule has 8 heteroatoms. The van der Waals surface area contributed by atoms with Gasteiger partial charge in [0.15, 0.2) is 0 Å². The number of benzene rings is 2. The van der Waals surface area contributed by atoms with Crippen LogP contribution in [-0.2, 0) is 12.4 Å². The number of halogens is 3. The predicted octanol–water partition coefficient (Wildman–Crippen LogP) is 1.66. The Kier molecular flexibility index (Phi) is 5.01. The monoisotopic (exact) mass is 512 g/mol. The Balaban J connectivity index is 2.44. The van der Waals surface area contributed by atoms with Crippen molar-refractivity contribution in [1.82, 2.24) is 0 Å². The molecule has 0 amide bonds. The molecule has 2 rings (SSSR count). The van der Waals surface area contributed by atoms with Crippen LogP contribution in [0.15, 0.2) is 60.7 Å². The van der Waals surface area contributed by atoms with Gasteiger partial charge in [-0.1, -0.05) is 0 Å². The average Bonchev–Trinajstić information content (AvgIpc) is 2.45. The summed E-state index contributed by atoms with van der Waals surface area (Å²) >= 11 is -3.75. The molecule has 0 fully saturated rings. The van der Waals surface area contributed by atoms with Crippen LogP contribution in [0.4, 0.5) is 13.2 Å². The minimum atomic E-state index is -5.60. The van der Waals surface area contributed by atoms with Crippen LogP contribution in [0.2, 0.25) is 0 Å². The summed E-state index contributed by atoms with van der Waals surface area (Å²) < 4.78 is 65.9. The SMILES string of the molecule is O=S(=O)([O][Bi]([c]1ccccc1)[c]1ccccc1)C(F)(F)F. The molecule has 0 saturated heterocycles. The molecular weight excluding hydrogens is 502 g/mol. The first kappa shape index (κ1) is 16.4. The van der Waals surface area contributed by atoms with Crippen LogP contribution in [0.5, 0.6) is 0 Å². The van der Waals surface area contributed by atoms with E-state index >= 15 is 0 Å². The van der Waals surface area contributed by atoms with Crippen LogP contribution in [0.3, 0.4) is 0 Å². The molecule has 2 aromatic rings.